The molecule has 1 rings (SSSR count). The lowest BCUT2D eigenvalue weighted by Crippen LogP contribution is -2.14. The Balaban J connectivity index is 2.30. The maximum Gasteiger partial charge on any atom is 0.161 e. The maximum atomic E-state index is 8.97. The number of aliphatic hydroxyl groups excluding tert-OH is 1. The van der Waals surface area contributed by atoms with Crippen LogP contribution in [0.25, 0.3) is 0 Å². The van der Waals surface area contributed by atoms with Crippen LogP contribution in [0.1, 0.15) is 6.42 Å². The van der Waals surface area contributed by atoms with E-state index in [0.29, 0.717) is 5.66 Å². The van der Waals surface area contributed by atoms with Gasteiger partial charge in [-0.3, -0.25) is 0 Å². The van der Waals surface area contributed by atoms with E-state index in [9.17, 15) is 0 Å². The molecule has 1 aliphatic heterocycles. The molecule has 1 N–H and O–H groups in total. The Kier molecular flexibility index (Phi) is 2.24. The van der Waals surface area contributed by atoms with Crippen molar-refractivity contribution in [3.8, 4) is 0 Å². The summed E-state index contributed by atoms with van der Waals surface area (Å²) < 4.78 is 4.92. The van der Waals surface area contributed by atoms with Gasteiger partial charge in [-0.1, -0.05) is 0 Å². The van der Waals surface area contributed by atoms with Crippen LogP contribution in [0.3, 0.4) is 0 Å². The molecule has 1 fully saturated rings. The van der Waals surface area contributed by atoms with Gasteiger partial charge < -0.3 is 9.84 Å². The molecule has 0 saturated carbocycles. The minimum Gasteiger partial charge on any atom is -0.367 e. The zero-order chi connectivity index (χ0) is 5.98. The van der Waals surface area contributed by atoms with E-state index in [1.807, 2.05) is 0 Å². The van der Waals surface area contributed by atoms with Crippen LogP contribution >= 0.6 is 8.58 Å². The lowest BCUT2D eigenvalue weighted by Gasteiger charge is -2.08. The number of hydrogen-bond acceptors (Lipinski definition) is 2. The monoisotopic (exact) mass is 134 g/mol. The molecule has 0 bridgehead atoms. The van der Waals surface area contributed by atoms with Gasteiger partial charge in [0.05, 0.1) is 6.61 Å². The van der Waals surface area contributed by atoms with Gasteiger partial charge >= 0.3 is 0 Å². The van der Waals surface area contributed by atoms with Gasteiger partial charge in [-0.2, -0.15) is 0 Å². The molecule has 0 amide bonds. The summed E-state index contributed by atoms with van der Waals surface area (Å²) in [5.41, 5.74) is 0.426. The lowest BCUT2D eigenvalue weighted by atomic mass is 10.3. The van der Waals surface area contributed by atoms with Crippen molar-refractivity contribution in [2.75, 3.05) is 13.3 Å². The number of ether oxygens (including phenoxy) is 1. The van der Waals surface area contributed by atoms with E-state index in [-0.39, 0.29) is 0 Å². The van der Waals surface area contributed by atoms with Crippen LogP contribution in [0.5, 0.6) is 0 Å². The predicted molar refractivity (Wildman–Crippen MR) is 34.6 cm³/mol. The van der Waals surface area contributed by atoms with Gasteiger partial charge in [0, 0.05) is 5.66 Å². The number of aliphatic hydroxyl groups is 1. The first-order valence-electron chi connectivity index (χ1n) is 2.81. The molecule has 0 aliphatic carbocycles. The van der Waals surface area contributed by atoms with Gasteiger partial charge in [-0.15, -0.1) is 8.58 Å². The zero-order valence-corrected chi connectivity index (χ0v) is 5.92. The van der Waals surface area contributed by atoms with Crippen molar-refractivity contribution in [2.24, 2.45) is 0 Å². The molecule has 3 heteroatoms. The first kappa shape index (κ1) is 6.47. The molecule has 0 aromatic rings. The highest BCUT2D eigenvalue weighted by molar-refractivity contribution is 7.38. The molecule has 48 valence electrons. The first-order valence-corrected chi connectivity index (χ1v) is 4.39. The van der Waals surface area contributed by atoms with Crippen LogP contribution in [-0.4, -0.2) is 30.3 Å². The third kappa shape index (κ3) is 1.19. The second kappa shape index (κ2) is 2.77. The normalized spacial score (nSPS) is 39.8. The molecule has 3 unspecified atom stereocenters. The van der Waals surface area contributed by atoms with Crippen molar-refractivity contribution in [3.05, 3.63) is 0 Å². The van der Waals surface area contributed by atoms with Gasteiger partial charge in [0.15, 0.2) is 6.29 Å². The molecule has 1 heterocycles. The van der Waals surface area contributed by atoms with Crippen LogP contribution in [0.15, 0.2) is 0 Å². The fourth-order valence-electron chi connectivity index (χ4n) is 0.861. The van der Waals surface area contributed by atoms with Crippen molar-refractivity contribution in [3.63, 3.8) is 0 Å². The summed E-state index contributed by atoms with van der Waals surface area (Å²) in [4.78, 5) is 0. The summed E-state index contributed by atoms with van der Waals surface area (Å²) in [5, 5.41) is 8.97. The first-order chi connectivity index (χ1) is 3.84. The Morgan fingerprint density at radius 2 is 2.50 bits per heavy atom. The molecule has 2 nitrogen and oxygen atoms in total. The summed E-state index contributed by atoms with van der Waals surface area (Å²) in [5.74, 6) is 0. The van der Waals surface area contributed by atoms with Crippen molar-refractivity contribution in [1.82, 2.24) is 0 Å². The van der Waals surface area contributed by atoms with Gasteiger partial charge in [0.1, 0.15) is 0 Å². The van der Waals surface area contributed by atoms with Crippen LogP contribution in [-0.2, 0) is 4.74 Å². The van der Waals surface area contributed by atoms with E-state index in [2.05, 4.69) is 6.66 Å². The Morgan fingerprint density at radius 3 is 2.75 bits per heavy atom. The third-order valence-electron chi connectivity index (χ3n) is 1.43. The predicted octanol–water partition coefficient (Wildman–Crippen LogP) is 0.402. The molecular formula is C5H11O2P. The molecule has 3 atom stereocenters. The Bertz CT molecular complexity index is 76.8. The average Bonchev–Trinajstić information content (AvgIpc) is 2.14. The van der Waals surface area contributed by atoms with E-state index >= 15 is 0 Å². The van der Waals surface area contributed by atoms with Crippen molar-refractivity contribution >= 4 is 8.58 Å². The third-order valence-corrected chi connectivity index (χ3v) is 2.75. The maximum absolute atomic E-state index is 8.97. The van der Waals surface area contributed by atoms with Gasteiger partial charge in [0.2, 0.25) is 0 Å². The highest BCUT2D eigenvalue weighted by atomic mass is 31.1. The number of rotatable bonds is 1. The summed E-state index contributed by atoms with van der Waals surface area (Å²) >= 11 is 0. The molecule has 0 spiro atoms. The minimum atomic E-state index is -0.460. The van der Waals surface area contributed by atoms with Crippen LogP contribution in [0, 0.1) is 0 Å². The minimum absolute atomic E-state index is 0.426. The van der Waals surface area contributed by atoms with Gasteiger partial charge in [-0.05, 0) is 13.1 Å². The molecular weight excluding hydrogens is 123 g/mol. The summed E-state index contributed by atoms with van der Waals surface area (Å²) in [6.07, 6.45) is 0.578. The summed E-state index contributed by atoms with van der Waals surface area (Å²) in [6, 6.07) is 0. The zero-order valence-electron chi connectivity index (χ0n) is 4.92. The Labute approximate surface area is 51.0 Å². The fraction of sp³-hybridized carbons (Fsp3) is 1.00. The summed E-state index contributed by atoms with van der Waals surface area (Å²) in [6.45, 7) is 2.84. The van der Waals surface area contributed by atoms with E-state index in [4.69, 9.17) is 9.84 Å². The van der Waals surface area contributed by atoms with E-state index in [1.54, 1.807) is 0 Å². The molecule has 0 aromatic heterocycles. The van der Waals surface area contributed by atoms with Crippen molar-refractivity contribution < 1.29 is 9.84 Å². The van der Waals surface area contributed by atoms with Crippen LogP contribution in [0.2, 0.25) is 0 Å². The van der Waals surface area contributed by atoms with Crippen LogP contribution in [0.4, 0.5) is 0 Å². The fourth-order valence-corrected chi connectivity index (χ4v) is 1.65. The van der Waals surface area contributed by atoms with E-state index in [0.717, 1.165) is 21.6 Å². The smallest absolute Gasteiger partial charge is 0.161 e. The Morgan fingerprint density at radius 1 is 1.75 bits per heavy atom. The lowest BCUT2D eigenvalue weighted by molar-refractivity contribution is -0.0564. The van der Waals surface area contributed by atoms with Gasteiger partial charge in [0.25, 0.3) is 0 Å². The molecule has 1 saturated heterocycles. The van der Waals surface area contributed by atoms with E-state index in [1.165, 1.54) is 0 Å². The standard InChI is InChI=1S/C5H11O2P/c1-8-4-2-3-7-5(4)6/h4-6,8H,2-3H2,1H3. The van der Waals surface area contributed by atoms with Crippen LogP contribution < -0.4 is 0 Å². The molecule has 8 heavy (non-hydrogen) atoms. The van der Waals surface area contributed by atoms with Crippen molar-refractivity contribution in [1.29, 1.82) is 0 Å². The highest BCUT2D eigenvalue weighted by Gasteiger charge is 2.23. The SMILES string of the molecule is CPC1CCOC1O. The average molecular weight is 134 g/mol. The quantitative estimate of drug-likeness (QED) is 0.526. The highest BCUT2D eigenvalue weighted by Crippen LogP contribution is 2.26. The molecule has 0 aromatic carbocycles. The second-order valence-corrected chi connectivity index (χ2v) is 3.26. The molecule has 0 radical (unpaired) electrons. The summed E-state index contributed by atoms with van der Waals surface area (Å²) in [7, 11) is 0.817. The number of hydrogen-bond donors (Lipinski definition) is 1. The second-order valence-electron chi connectivity index (χ2n) is 1.95. The topological polar surface area (TPSA) is 29.5 Å². The Hall–Kier alpha value is 0.350. The van der Waals surface area contributed by atoms with Gasteiger partial charge in [-0.25, -0.2) is 0 Å². The van der Waals surface area contributed by atoms with Crippen molar-refractivity contribution in [2.45, 2.75) is 18.4 Å². The largest absolute Gasteiger partial charge is 0.367 e. The van der Waals surface area contributed by atoms with E-state index < -0.39 is 6.29 Å². The molecule has 1 aliphatic rings.